The highest BCUT2D eigenvalue weighted by Crippen LogP contribution is 2.33. The molecular formula is C14H21NO. The molecule has 1 aliphatic rings. The van der Waals surface area contributed by atoms with E-state index in [2.05, 4.69) is 30.4 Å². The topological polar surface area (TPSA) is 21.3 Å². The van der Waals surface area contributed by atoms with E-state index in [-0.39, 0.29) is 0 Å². The van der Waals surface area contributed by atoms with Gasteiger partial charge in [-0.05, 0) is 31.4 Å². The molecule has 0 spiro atoms. The smallest absolute Gasteiger partial charge is 0.126 e. The highest BCUT2D eigenvalue weighted by Gasteiger charge is 2.19. The second-order valence-corrected chi connectivity index (χ2v) is 4.40. The Morgan fingerprint density at radius 3 is 2.88 bits per heavy atom. The van der Waals surface area contributed by atoms with Crippen LogP contribution in [0.2, 0.25) is 0 Å². The van der Waals surface area contributed by atoms with Crippen LogP contribution in [-0.4, -0.2) is 13.7 Å². The Hall–Kier alpha value is -1.02. The van der Waals surface area contributed by atoms with Gasteiger partial charge in [0.25, 0.3) is 0 Å². The SMILES string of the molecule is CCc1cccc(C2CCCCN2)c1OC. The van der Waals surface area contributed by atoms with E-state index in [9.17, 15) is 0 Å². The fraction of sp³-hybridized carbons (Fsp3) is 0.571. The van der Waals surface area contributed by atoms with Gasteiger partial charge in [-0.1, -0.05) is 31.5 Å². The van der Waals surface area contributed by atoms with Crippen molar-refractivity contribution in [2.24, 2.45) is 0 Å². The maximum absolute atomic E-state index is 5.58. The van der Waals surface area contributed by atoms with Gasteiger partial charge in [-0.25, -0.2) is 0 Å². The van der Waals surface area contributed by atoms with Crippen LogP contribution < -0.4 is 10.1 Å². The third kappa shape index (κ3) is 2.22. The Labute approximate surface area is 98.0 Å². The van der Waals surface area contributed by atoms with Crippen LogP contribution in [0.1, 0.15) is 43.4 Å². The van der Waals surface area contributed by atoms with Crippen molar-refractivity contribution in [3.05, 3.63) is 29.3 Å². The van der Waals surface area contributed by atoms with Crippen molar-refractivity contribution in [3.8, 4) is 5.75 Å². The van der Waals surface area contributed by atoms with Crippen LogP contribution in [-0.2, 0) is 6.42 Å². The Morgan fingerprint density at radius 2 is 2.25 bits per heavy atom. The summed E-state index contributed by atoms with van der Waals surface area (Å²) in [5.41, 5.74) is 2.65. The molecule has 0 saturated carbocycles. The summed E-state index contributed by atoms with van der Waals surface area (Å²) in [5.74, 6) is 1.09. The lowest BCUT2D eigenvalue weighted by Crippen LogP contribution is -2.27. The summed E-state index contributed by atoms with van der Waals surface area (Å²) in [6, 6.07) is 6.98. The summed E-state index contributed by atoms with van der Waals surface area (Å²) in [7, 11) is 1.78. The first-order valence-electron chi connectivity index (χ1n) is 6.26. The quantitative estimate of drug-likeness (QED) is 0.843. The summed E-state index contributed by atoms with van der Waals surface area (Å²) >= 11 is 0. The van der Waals surface area contributed by atoms with Crippen LogP contribution in [0, 0.1) is 0 Å². The minimum absolute atomic E-state index is 0.482. The van der Waals surface area contributed by atoms with Crippen LogP contribution in [0.25, 0.3) is 0 Å². The number of benzene rings is 1. The van der Waals surface area contributed by atoms with Gasteiger partial charge in [-0.3, -0.25) is 0 Å². The molecule has 2 rings (SSSR count). The largest absolute Gasteiger partial charge is 0.496 e. The lowest BCUT2D eigenvalue weighted by molar-refractivity contribution is 0.371. The van der Waals surface area contributed by atoms with Crippen molar-refractivity contribution >= 4 is 0 Å². The van der Waals surface area contributed by atoms with Crippen molar-refractivity contribution in [2.75, 3.05) is 13.7 Å². The molecule has 0 amide bonds. The zero-order valence-electron chi connectivity index (χ0n) is 10.3. The molecule has 1 aromatic rings. The summed E-state index contributed by atoms with van der Waals surface area (Å²) in [6.45, 7) is 3.31. The lowest BCUT2D eigenvalue weighted by Gasteiger charge is -2.26. The number of hydrogen-bond acceptors (Lipinski definition) is 2. The lowest BCUT2D eigenvalue weighted by atomic mass is 9.94. The minimum Gasteiger partial charge on any atom is -0.496 e. The number of ether oxygens (including phenoxy) is 1. The van der Waals surface area contributed by atoms with Crippen LogP contribution in [0.3, 0.4) is 0 Å². The van der Waals surface area contributed by atoms with Gasteiger partial charge in [0, 0.05) is 11.6 Å². The van der Waals surface area contributed by atoms with E-state index in [4.69, 9.17) is 4.74 Å². The summed E-state index contributed by atoms with van der Waals surface area (Å²) in [6.07, 6.45) is 4.87. The molecule has 2 heteroatoms. The van der Waals surface area contributed by atoms with E-state index >= 15 is 0 Å². The number of rotatable bonds is 3. The van der Waals surface area contributed by atoms with Crippen LogP contribution in [0.15, 0.2) is 18.2 Å². The average molecular weight is 219 g/mol. The van der Waals surface area contributed by atoms with Gasteiger partial charge in [-0.2, -0.15) is 0 Å². The Morgan fingerprint density at radius 1 is 1.38 bits per heavy atom. The van der Waals surface area contributed by atoms with Gasteiger partial charge in [0.15, 0.2) is 0 Å². The average Bonchev–Trinajstić information content (AvgIpc) is 2.38. The van der Waals surface area contributed by atoms with Gasteiger partial charge < -0.3 is 10.1 Å². The predicted molar refractivity (Wildman–Crippen MR) is 67.0 cm³/mol. The first kappa shape index (κ1) is 11.5. The maximum atomic E-state index is 5.58. The zero-order valence-corrected chi connectivity index (χ0v) is 10.3. The third-order valence-corrected chi connectivity index (χ3v) is 3.40. The first-order chi connectivity index (χ1) is 7.86. The number of methoxy groups -OCH3 is 1. The fourth-order valence-corrected chi connectivity index (χ4v) is 2.52. The number of hydrogen-bond donors (Lipinski definition) is 1. The first-order valence-corrected chi connectivity index (χ1v) is 6.26. The fourth-order valence-electron chi connectivity index (χ4n) is 2.52. The monoisotopic (exact) mass is 219 g/mol. The highest BCUT2D eigenvalue weighted by atomic mass is 16.5. The number of piperidine rings is 1. The molecular weight excluding hydrogens is 198 g/mol. The summed E-state index contributed by atoms with van der Waals surface area (Å²) in [4.78, 5) is 0. The molecule has 1 unspecified atom stereocenters. The molecule has 0 aliphatic carbocycles. The van der Waals surface area contributed by atoms with E-state index in [0.717, 1.165) is 18.7 Å². The normalized spacial score (nSPS) is 20.8. The molecule has 1 aromatic carbocycles. The van der Waals surface area contributed by atoms with E-state index in [1.54, 1.807) is 7.11 Å². The summed E-state index contributed by atoms with van der Waals surface area (Å²) in [5, 5.41) is 3.58. The van der Waals surface area contributed by atoms with Gasteiger partial charge in [0.2, 0.25) is 0 Å². The minimum atomic E-state index is 0.482. The van der Waals surface area contributed by atoms with Crippen LogP contribution in [0.5, 0.6) is 5.75 Å². The van der Waals surface area contributed by atoms with E-state index < -0.39 is 0 Å². The van der Waals surface area contributed by atoms with Crippen LogP contribution >= 0.6 is 0 Å². The number of nitrogens with one attached hydrogen (secondary N) is 1. The molecule has 2 nitrogen and oxygen atoms in total. The van der Waals surface area contributed by atoms with E-state index in [1.807, 2.05) is 0 Å². The van der Waals surface area contributed by atoms with Gasteiger partial charge in [0.1, 0.15) is 5.75 Å². The standard InChI is InChI=1S/C14H21NO/c1-3-11-7-6-8-12(14(11)16-2)13-9-4-5-10-15-13/h6-8,13,15H,3-5,9-10H2,1-2H3. The molecule has 1 aliphatic heterocycles. The molecule has 0 bridgehead atoms. The molecule has 1 atom stereocenters. The van der Waals surface area contributed by atoms with Gasteiger partial charge in [0.05, 0.1) is 7.11 Å². The van der Waals surface area contributed by atoms with Crippen molar-refractivity contribution in [1.82, 2.24) is 5.32 Å². The second kappa shape index (κ2) is 5.35. The van der Waals surface area contributed by atoms with Gasteiger partial charge >= 0.3 is 0 Å². The van der Waals surface area contributed by atoms with Gasteiger partial charge in [-0.15, -0.1) is 0 Å². The third-order valence-electron chi connectivity index (χ3n) is 3.40. The van der Waals surface area contributed by atoms with E-state index in [0.29, 0.717) is 6.04 Å². The highest BCUT2D eigenvalue weighted by molar-refractivity contribution is 5.43. The Bertz CT molecular complexity index is 343. The van der Waals surface area contributed by atoms with E-state index in [1.165, 1.54) is 30.4 Å². The molecule has 16 heavy (non-hydrogen) atoms. The molecule has 1 fully saturated rings. The summed E-state index contributed by atoms with van der Waals surface area (Å²) < 4.78 is 5.58. The Kier molecular flexibility index (Phi) is 3.83. The number of para-hydroxylation sites is 1. The Balaban J connectivity index is 2.30. The predicted octanol–water partition coefficient (Wildman–Crippen LogP) is 3.07. The number of aryl methyl sites for hydroxylation is 1. The van der Waals surface area contributed by atoms with Crippen LogP contribution in [0.4, 0.5) is 0 Å². The molecule has 1 saturated heterocycles. The molecule has 0 aromatic heterocycles. The van der Waals surface area contributed by atoms with Crippen molar-refractivity contribution in [3.63, 3.8) is 0 Å². The van der Waals surface area contributed by atoms with Crippen molar-refractivity contribution < 1.29 is 4.74 Å². The van der Waals surface area contributed by atoms with Crippen molar-refractivity contribution in [1.29, 1.82) is 0 Å². The maximum Gasteiger partial charge on any atom is 0.126 e. The zero-order chi connectivity index (χ0) is 11.4. The molecule has 1 heterocycles. The van der Waals surface area contributed by atoms with Crippen molar-refractivity contribution in [2.45, 2.75) is 38.6 Å². The molecule has 1 N–H and O–H groups in total. The molecule has 0 radical (unpaired) electrons. The molecule has 88 valence electrons. The second-order valence-electron chi connectivity index (χ2n) is 4.40.